The summed E-state index contributed by atoms with van der Waals surface area (Å²) in [4.78, 5) is 12.1. The van der Waals surface area contributed by atoms with Crippen LogP contribution in [-0.4, -0.2) is 18.1 Å². The molecule has 104 valence electrons. The van der Waals surface area contributed by atoms with Gasteiger partial charge in [-0.2, -0.15) is 0 Å². The molecule has 0 radical (unpaired) electrons. The standard InChI is InChI=1S/C15H14ClNO3/c1-20-12-5-6-13(14(18)8-12)15(19)17-11-4-2-3-10(7-11)9-16/h2-8,18H,9H2,1H3,(H,17,19). The van der Waals surface area contributed by atoms with Gasteiger partial charge in [-0.1, -0.05) is 12.1 Å². The fourth-order valence-electron chi connectivity index (χ4n) is 1.76. The van der Waals surface area contributed by atoms with Crippen LogP contribution in [0.4, 0.5) is 5.69 Å². The van der Waals surface area contributed by atoms with E-state index in [1.54, 1.807) is 24.3 Å². The first kappa shape index (κ1) is 14.2. The molecule has 2 N–H and O–H groups in total. The summed E-state index contributed by atoms with van der Waals surface area (Å²) in [5.74, 6) is 0.340. The fraction of sp³-hybridized carbons (Fsp3) is 0.133. The molecule has 2 aromatic carbocycles. The number of amides is 1. The highest BCUT2D eigenvalue weighted by Gasteiger charge is 2.12. The zero-order chi connectivity index (χ0) is 14.5. The first-order valence-electron chi connectivity index (χ1n) is 5.97. The molecule has 0 saturated carbocycles. The second-order valence-electron chi connectivity index (χ2n) is 4.17. The van der Waals surface area contributed by atoms with Crippen molar-refractivity contribution >= 4 is 23.2 Å². The Morgan fingerprint density at radius 2 is 2.10 bits per heavy atom. The number of aromatic hydroxyl groups is 1. The summed E-state index contributed by atoms with van der Waals surface area (Å²) in [6.45, 7) is 0. The molecule has 5 heteroatoms. The van der Waals surface area contributed by atoms with E-state index in [0.717, 1.165) is 5.56 Å². The van der Waals surface area contributed by atoms with Gasteiger partial charge in [0.2, 0.25) is 0 Å². The molecule has 4 nitrogen and oxygen atoms in total. The molecule has 0 aromatic heterocycles. The van der Waals surface area contributed by atoms with E-state index in [1.165, 1.54) is 19.2 Å². The van der Waals surface area contributed by atoms with E-state index in [0.29, 0.717) is 17.3 Å². The van der Waals surface area contributed by atoms with Gasteiger partial charge in [-0.05, 0) is 29.8 Å². The molecule has 0 aliphatic rings. The van der Waals surface area contributed by atoms with Gasteiger partial charge in [-0.15, -0.1) is 11.6 Å². The Labute approximate surface area is 122 Å². The second kappa shape index (κ2) is 6.30. The fourth-order valence-corrected chi connectivity index (χ4v) is 1.93. The SMILES string of the molecule is COc1ccc(C(=O)Nc2cccc(CCl)c2)c(O)c1. The van der Waals surface area contributed by atoms with Crippen molar-refractivity contribution in [3.63, 3.8) is 0 Å². The zero-order valence-electron chi connectivity index (χ0n) is 10.9. The van der Waals surface area contributed by atoms with Crippen LogP contribution in [0.2, 0.25) is 0 Å². The maximum Gasteiger partial charge on any atom is 0.259 e. The number of anilines is 1. The third kappa shape index (κ3) is 3.22. The largest absolute Gasteiger partial charge is 0.507 e. The lowest BCUT2D eigenvalue weighted by molar-refractivity contribution is 0.102. The highest BCUT2D eigenvalue weighted by molar-refractivity contribution is 6.17. The van der Waals surface area contributed by atoms with Crippen LogP contribution in [0.5, 0.6) is 11.5 Å². The van der Waals surface area contributed by atoms with E-state index in [4.69, 9.17) is 16.3 Å². The number of halogens is 1. The van der Waals surface area contributed by atoms with E-state index in [9.17, 15) is 9.90 Å². The Balaban J connectivity index is 2.19. The molecule has 2 rings (SSSR count). The van der Waals surface area contributed by atoms with E-state index < -0.39 is 5.91 Å². The van der Waals surface area contributed by atoms with Crippen LogP contribution in [0, 0.1) is 0 Å². The van der Waals surface area contributed by atoms with E-state index in [2.05, 4.69) is 5.32 Å². The molecule has 0 aliphatic carbocycles. The lowest BCUT2D eigenvalue weighted by Crippen LogP contribution is -2.12. The maximum atomic E-state index is 12.1. The minimum atomic E-state index is -0.392. The number of methoxy groups -OCH3 is 1. The van der Waals surface area contributed by atoms with Crippen molar-refractivity contribution in [3.8, 4) is 11.5 Å². The summed E-state index contributed by atoms with van der Waals surface area (Å²) < 4.78 is 4.97. The predicted octanol–water partition coefficient (Wildman–Crippen LogP) is 3.39. The van der Waals surface area contributed by atoms with Crippen molar-refractivity contribution in [2.75, 3.05) is 12.4 Å². The van der Waals surface area contributed by atoms with Gasteiger partial charge >= 0.3 is 0 Å². The number of alkyl halides is 1. The molecule has 0 bridgehead atoms. The number of phenolic OH excluding ortho intramolecular Hbond substituents is 1. The lowest BCUT2D eigenvalue weighted by Gasteiger charge is -2.09. The van der Waals surface area contributed by atoms with Crippen LogP contribution in [0.3, 0.4) is 0 Å². The normalized spacial score (nSPS) is 10.1. The van der Waals surface area contributed by atoms with Gasteiger partial charge in [0.25, 0.3) is 5.91 Å². The first-order chi connectivity index (χ1) is 9.63. The number of carbonyl (C=O) groups excluding carboxylic acids is 1. The number of carbonyl (C=O) groups is 1. The minimum absolute atomic E-state index is 0.129. The van der Waals surface area contributed by atoms with Gasteiger partial charge in [0, 0.05) is 17.6 Å². The van der Waals surface area contributed by atoms with Crippen LogP contribution in [-0.2, 0) is 5.88 Å². The van der Waals surface area contributed by atoms with E-state index in [1.807, 2.05) is 6.07 Å². The number of nitrogens with one attached hydrogen (secondary N) is 1. The molecule has 20 heavy (non-hydrogen) atoms. The predicted molar refractivity (Wildman–Crippen MR) is 78.6 cm³/mol. The summed E-state index contributed by atoms with van der Waals surface area (Å²) in [5, 5.41) is 12.5. The number of phenols is 1. The molecule has 0 saturated heterocycles. The molecule has 0 heterocycles. The molecule has 2 aromatic rings. The quantitative estimate of drug-likeness (QED) is 0.849. The molecule has 0 atom stereocenters. The minimum Gasteiger partial charge on any atom is -0.507 e. The van der Waals surface area contributed by atoms with Crippen LogP contribution in [0.25, 0.3) is 0 Å². The molecule has 0 fully saturated rings. The summed E-state index contributed by atoms with van der Waals surface area (Å²) in [5.41, 5.74) is 1.72. The number of rotatable bonds is 4. The summed E-state index contributed by atoms with van der Waals surface area (Å²) >= 11 is 5.74. The van der Waals surface area contributed by atoms with Gasteiger partial charge in [0.1, 0.15) is 11.5 Å². The maximum absolute atomic E-state index is 12.1. The van der Waals surface area contributed by atoms with Crippen LogP contribution >= 0.6 is 11.6 Å². The van der Waals surface area contributed by atoms with Crippen molar-refractivity contribution in [3.05, 3.63) is 53.6 Å². The van der Waals surface area contributed by atoms with Crippen LogP contribution in [0.1, 0.15) is 15.9 Å². The summed E-state index contributed by atoms with van der Waals surface area (Å²) in [6, 6.07) is 11.7. The smallest absolute Gasteiger partial charge is 0.259 e. The number of ether oxygens (including phenoxy) is 1. The number of hydrogen-bond donors (Lipinski definition) is 2. The van der Waals surface area contributed by atoms with Gasteiger partial charge in [-0.25, -0.2) is 0 Å². The summed E-state index contributed by atoms with van der Waals surface area (Å²) in [7, 11) is 1.49. The Hall–Kier alpha value is -2.20. The van der Waals surface area contributed by atoms with Crippen molar-refractivity contribution in [2.45, 2.75) is 5.88 Å². The van der Waals surface area contributed by atoms with Gasteiger partial charge in [0.15, 0.2) is 0 Å². The number of benzene rings is 2. The molecule has 0 spiro atoms. The average Bonchev–Trinajstić information content (AvgIpc) is 2.47. The van der Waals surface area contributed by atoms with Crippen molar-refractivity contribution in [1.82, 2.24) is 0 Å². The van der Waals surface area contributed by atoms with Crippen molar-refractivity contribution < 1.29 is 14.6 Å². The van der Waals surface area contributed by atoms with Crippen LogP contribution in [0.15, 0.2) is 42.5 Å². The van der Waals surface area contributed by atoms with Gasteiger partial charge < -0.3 is 15.2 Å². The molecule has 0 aliphatic heterocycles. The van der Waals surface area contributed by atoms with Gasteiger partial charge in [-0.3, -0.25) is 4.79 Å². The summed E-state index contributed by atoms with van der Waals surface area (Å²) in [6.07, 6.45) is 0. The molecular formula is C15H14ClNO3. The third-order valence-electron chi connectivity index (χ3n) is 2.79. The second-order valence-corrected chi connectivity index (χ2v) is 4.44. The highest BCUT2D eigenvalue weighted by atomic mass is 35.5. The Kier molecular flexibility index (Phi) is 4.48. The van der Waals surface area contributed by atoms with Gasteiger partial charge in [0.05, 0.1) is 12.7 Å². The monoisotopic (exact) mass is 291 g/mol. The topological polar surface area (TPSA) is 58.6 Å². The third-order valence-corrected chi connectivity index (χ3v) is 3.10. The average molecular weight is 292 g/mol. The highest BCUT2D eigenvalue weighted by Crippen LogP contribution is 2.24. The van der Waals surface area contributed by atoms with E-state index in [-0.39, 0.29) is 11.3 Å². The molecule has 1 amide bonds. The number of hydrogen-bond acceptors (Lipinski definition) is 3. The lowest BCUT2D eigenvalue weighted by atomic mass is 10.1. The zero-order valence-corrected chi connectivity index (χ0v) is 11.6. The van der Waals surface area contributed by atoms with Crippen molar-refractivity contribution in [2.24, 2.45) is 0 Å². The first-order valence-corrected chi connectivity index (χ1v) is 6.50. The Morgan fingerprint density at radius 3 is 2.75 bits per heavy atom. The molecule has 0 unspecified atom stereocenters. The molecular weight excluding hydrogens is 278 g/mol. The Morgan fingerprint density at radius 1 is 1.30 bits per heavy atom. The Bertz CT molecular complexity index is 628. The van der Waals surface area contributed by atoms with Crippen LogP contribution < -0.4 is 10.1 Å². The van der Waals surface area contributed by atoms with E-state index >= 15 is 0 Å². The van der Waals surface area contributed by atoms with Crippen molar-refractivity contribution in [1.29, 1.82) is 0 Å².